The van der Waals surface area contributed by atoms with Crippen LogP contribution >= 0.6 is 0 Å². The Morgan fingerprint density at radius 2 is 1.76 bits per heavy atom. The van der Waals surface area contributed by atoms with Crippen molar-refractivity contribution in [2.45, 2.75) is 96.1 Å². The van der Waals surface area contributed by atoms with E-state index in [0.29, 0.717) is 18.0 Å². The first-order chi connectivity index (χ1) is 10.3. The monoisotopic (exact) mass is 294 g/mol. The summed E-state index contributed by atoms with van der Waals surface area (Å²) in [6.45, 7) is 4.35. The maximum atomic E-state index is 12.4. The van der Waals surface area contributed by atoms with Crippen molar-refractivity contribution in [2.75, 3.05) is 13.1 Å². The SMILES string of the molecule is CCCCCCCCCC(=O)N(CC1CCCN1)C1CC1. The van der Waals surface area contributed by atoms with E-state index < -0.39 is 0 Å². The van der Waals surface area contributed by atoms with Gasteiger partial charge in [0.1, 0.15) is 0 Å². The maximum absolute atomic E-state index is 12.4. The standard InChI is InChI=1S/C18H34N2O/c1-2-3-4-5-6-7-8-11-18(21)20(17-12-13-17)15-16-10-9-14-19-16/h16-17,19H,2-15H2,1H3. The van der Waals surface area contributed by atoms with Crippen LogP contribution in [0.1, 0.15) is 84.0 Å². The lowest BCUT2D eigenvalue weighted by Crippen LogP contribution is -2.42. The number of carbonyl (C=O) groups is 1. The molecule has 0 aromatic rings. The summed E-state index contributed by atoms with van der Waals surface area (Å²) >= 11 is 0. The molecular formula is C18H34N2O. The second-order valence-electron chi connectivity index (χ2n) is 6.94. The average molecular weight is 294 g/mol. The molecule has 1 amide bonds. The number of nitrogens with zero attached hydrogens (tertiary/aromatic N) is 1. The summed E-state index contributed by atoms with van der Waals surface area (Å²) < 4.78 is 0. The van der Waals surface area contributed by atoms with Gasteiger partial charge in [-0.05, 0) is 38.6 Å². The fraction of sp³-hybridized carbons (Fsp3) is 0.944. The first kappa shape index (κ1) is 16.8. The Hall–Kier alpha value is -0.570. The van der Waals surface area contributed by atoms with E-state index in [4.69, 9.17) is 0 Å². The van der Waals surface area contributed by atoms with Crippen LogP contribution in [-0.2, 0) is 4.79 Å². The van der Waals surface area contributed by atoms with E-state index in [9.17, 15) is 4.79 Å². The van der Waals surface area contributed by atoms with Crippen LogP contribution in [0.4, 0.5) is 0 Å². The summed E-state index contributed by atoms with van der Waals surface area (Å²) in [7, 11) is 0. The number of carbonyl (C=O) groups excluding carboxylic acids is 1. The van der Waals surface area contributed by atoms with Crippen molar-refractivity contribution in [3.63, 3.8) is 0 Å². The molecule has 1 aliphatic heterocycles. The van der Waals surface area contributed by atoms with Crippen LogP contribution in [-0.4, -0.2) is 36.0 Å². The summed E-state index contributed by atoms with van der Waals surface area (Å²) in [6, 6.07) is 1.13. The van der Waals surface area contributed by atoms with Gasteiger partial charge in [0.05, 0.1) is 0 Å². The lowest BCUT2D eigenvalue weighted by molar-refractivity contribution is -0.132. The third kappa shape index (κ3) is 6.37. The molecule has 0 aromatic carbocycles. The molecule has 1 saturated carbocycles. The van der Waals surface area contributed by atoms with Crippen LogP contribution < -0.4 is 5.32 Å². The molecule has 3 nitrogen and oxygen atoms in total. The van der Waals surface area contributed by atoms with E-state index in [1.165, 1.54) is 64.2 Å². The summed E-state index contributed by atoms with van der Waals surface area (Å²) in [5.41, 5.74) is 0. The Bertz CT molecular complexity index is 296. The highest BCUT2D eigenvalue weighted by Crippen LogP contribution is 2.28. The third-order valence-corrected chi connectivity index (χ3v) is 4.88. The average Bonchev–Trinajstić information content (AvgIpc) is 3.20. The molecule has 1 atom stereocenters. The Balaban J connectivity index is 1.58. The van der Waals surface area contributed by atoms with Crippen molar-refractivity contribution in [1.82, 2.24) is 10.2 Å². The molecule has 1 saturated heterocycles. The van der Waals surface area contributed by atoms with Crippen molar-refractivity contribution in [1.29, 1.82) is 0 Å². The van der Waals surface area contributed by atoms with Gasteiger partial charge < -0.3 is 10.2 Å². The lowest BCUT2D eigenvalue weighted by atomic mass is 10.1. The summed E-state index contributed by atoms with van der Waals surface area (Å²) in [5.74, 6) is 0.416. The molecule has 2 fully saturated rings. The summed E-state index contributed by atoms with van der Waals surface area (Å²) in [6.07, 6.45) is 14.8. The third-order valence-electron chi connectivity index (χ3n) is 4.88. The van der Waals surface area contributed by atoms with Crippen molar-refractivity contribution < 1.29 is 4.79 Å². The van der Waals surface area contributed by atoms with Crippen LogP contribution in [0.25, 0.3) is 0 Å². The van der Waals surface area contributed by atoms with E-state index in [2.05, 4.69) is 17.1 Å². The van der Waals surface area contributed by atoms with Gasteiger partial charge in [-0.1, -0.05) is 45.4 Å². The molecule has 1 N–H and O–H groups in total. The predicted octanol–water partition coefficient (Wildman–Crippen LogP) is 3.87. The second kappa shape index (κ2) is 9.45. The first-order valence-corrected chi connectivity index (χ1v) is 9.34. The van der Waals surface area contributed by atoms with Gasteiger partial charge in [-0.3, -0.25) is 4.79 Å². The molecule has 122 valence electrons. The zero-order valence-corrected chi connectivity index (χ0v) is 13.9. The molecule has 1 heterocycles. The Morgan fingerprint density at radius 1 is 1.05 bits per heavy atom. The molecule has 0 bridgehead atoms. The van der Waals surface area contributed by atoms with Gasteiger partial charge in [-0.15, -0.1) is 0 Å². The quantitative estimate of drug-likeness (QED) is 0.587. The van der Waals surface area contributed by atoms with E-state index in [1.54, 1.807) is 0 Å². The van der Waals surface area contributed by atoms with E-state index >= 15 is 0 Å². The van der Waals surface area contributed by atoms with Crippen LogP contribution in [0.2, 0.25) is 0 Å². The largest absolute Gasteiger partial charge is 0.338 e. The number of hydrogen-bond donors (Lipinski definition) is 1. The number of unbranched alkanes of at least 4 members (excludes halogenated alkanes) is 6. The first-order valence-electron chi connectivity index (χ1n) is 9.34. The molecule has 1 unspecified atom stereocenters. The molecule has 0 radical (unpaired) electrons. The fourth-order valence-electron chi connectivity index (χ4n) is 3.37. The van der Waals surface area contributed by atoms with Crippen molar-refractivity contribution >= 4 is 5.91 Å². The highest BCUT2D eigenvalue weighted by Gasteiger charge is 2.33. The number of rotatable bonds is 11. The van der Waals surface area contributed by atoms with Crippen molar-refractivity contribution in [2.24, 2.45) is 0 Å². The van der Waals surface area contributed by atoms with Crippen molar-refractivity contribution in [3.8, 4) is 0 Å². The van der Waals surface area contributed by atoms with E-state index in [1.807, 2.05) is 0 Å². The zero-order valence-electron chi connectivity index (χ0n) is 13.9. The molecule has 2 aliphatic rings. The van der Waals surface area contributed by atoms with Crippen LogP contribution in [0, 0.1) is 0 Å². The summed E-state index contributed by atoms with van der Waals surface area (Å²) in [4.78, 5) is 14.6. The van der Waals surface area contributed by atoms with E-state index in [-0.39, 0.29) is 0 Å². The normalized spacial score (nSPS) is 21.7. The number of hydrogen-bond acceptors (Lipinski definition) is 2. The van der Waals surface area contributed by atoms with E-state index in [0.717, 1.165) is 25.9 Å². The Kier molecular flexibility index (Phi) is 7.56. The van der Waals surface area contributed by atoms with Crippen LogP contribution in [0.3, 0.4) is 0 Å². The van der Waals surface area contributed by atoms with Gasteiger partial charge in [-0.25, -0.2) is 0 Å². The lowest BCUT2D eigenvalue weighted by Gasteiger charge is -2.26. The minimum Gasteiger partial charge on any atom is -0.338 e. The van der Waals surface area contributed by atoms with Gasteiger partial charge in [0, 0.05) is 25.0 Å². The minimum atomic E-state index is 0.416. The molecule has 0 aromatic heterocycles. The van der Waals surface area contributed by atoms with Crippen LogP contribution in [0.5, 0.6) is 0 Å². The minimum absolute atomic E-state index is 0.416. The molecule has 1 aliphatic carbocycles. The van der Waals surface area contributed by atoms with Gasteiger partial charge in [0.2, 0.25) is 5.91 Å². The highest BCUT2D eigenvalue weighted by molar-refractivity contribution is 5.76. The molecule has 2 rings (SSSR count). The number of amides is 1. The molecule has 3 heteroatoms. The van der Waals surface area contributed by atoms with Gasteiger partial charge >= 0.3 is 0 Å². The van der Waals surface area contributed by atoms with Gasteiger partial charge in [0.25, 0.3) is 0 Å². The van der Waals surface area contributed by atoms with Crippen molar-refractivity contribution in [3.05, 3.63) is 0 Å². The molecule has 0 spiro atoms. The molecule has 21 heavy (non-hydrogen) atoms. The van der Waals surface area contributed by atoms with Crippen LogP contribution in [0.15, 0.2) is 0 Å². The molecular weight excluding hydrogens is 260 g/mol. The predicted molar refractivity (Wildman–Crippen MR) is 88.4 cm³/mol. The fourth-order valence-corrected chi connectivity index (χ4v) is 3.37. The van der Waals surface area contributed by atoms with Gasteiger partial charge in [0.15, 0.2) is 0 Å². The highest BCUT2D eigenvalue weighted by atomic mass is 16.2. The Labute approximate surface area is 130 Å². The zero-order chi connectivity index (χ0) is 14.9. The topological polar surface area (TPSA) is 32.3 Å². The maximum Gasteiger partial charge on any atom is 0.222 e. The second-order valence-corrected chi connectivity index (χ2v) is 6.94. The summed E-state index contributed by atoms with van der Waals surface area (Å²) in [5, 5.41) is 3.53. The number of nitrogens with one attached hydrogen (secondary N) is 1. The smallest absolute Gasteiger partial charge is 0.222 e. The Morgan fingerprint density at radius 3 is 2.38 bits per heavy atom. The van der Waals surface area contributed by atoms with Gasteiger partial charge in [-0.2, -0.15) is 0 Å².